The van der Waals surface area contributed by atoms with Crippen LogP contribution in [0.4, 0.5) is 23.7 Å². The molecule has 0 bridgehead atoms. The highest BCUT2D eigenvalue weighted by Crippen LogP contribution is 2.35. The first-order valence-corrected chi connectivity index (χ1v) is 8.75. The number of aromatic nitrogens is 1. The third kappa shape index (κ3) is 5.23. The molecule has 10 heteroatoms. The lowest BCUT2D eigenvalue weighted by Crippen LogP contribution is -2.47. The van der Waals surface area contributed by atoms with Crippen molar-refractivity contribution in [2.75, 3.05) is 38.2 Å². The molecule has 27 heavy (non-hydrogen) atoms. The first-order chi connectivity index (χ1) is 12.8. The average molecular weight is 389 g/mol. The molecule has 3 heterocycles. The summed E-state index contributed by atoms with van der Waals surface area (Å²) in [4.78, 5) is 17.8. The maximum absolute atomic E-state index is 12.4. The number of hydrogen-bond acceptors (Lipinski definition) is 5. The Morgan fingerprint density at radius 3 is 2.56 bits per heavy atom. The van der Waals surface area contributed by atoms with Gasteiger partial charge in [-0.05, 0) is 25.8 Å². The van der Waals surface area contributed by atoms with Gasteiger partial charge in [-0.15, -0.1) is 0 Å². The summed E-state index contributed by atoms with van der Waals surface area (Å²) in [5.41, 5.74) is 0.385. The first kappa shape index (κ1) is 19.7. The van der Waals surface area contributed by atoms with Crippen molar-refractivity contribution >= 4 is 11.7 Å². The number of alkyl halides is 3. The zero-order chi connectivity index (χ0) is 19.5. The molecular weight excluding hydrogens is 367 g/mol. The van der Waals surface area contributed by atoms with Crippen molar-refractivity contribution in [1.82, 2.24) is 9.88 Å². The van der Waals surface area contributed by atoms with E-state index < -0.39 is 18.6 Å². The van der Waals surface area contributed by atoms with Gasteiger partial charge in [0.2, 0.25) is 5.88 Å². The van der Waals surface area contributed by atoms with E-state index in [0.29, 0.717) is 32.0 Å². The van der Waals surface area contributed by atoms with Gasteiger partial charge in [0.1, 0.15) is 0 Å². The van der Waals surface area contributed by atoms with Crippen LogP contribution in [0.5, 0.6) is 5.88 Å². The standard InChI is InChI=1S/C17H22F3N3O4/c1-16(26-8-9-27-16)12-4-6-23(7-5-12)15(24)22-13-2-3-14(21-10-13)25-11-17(18,19)20/h2-3,10,12H,4-9,11H2,1H3,(H,22,24). The van der Waals surface area contributed by atoms with E-state index in [2.05, 4.69) is 15.0 Å². The predicted octanol–water partition coefficient (Wildman–Crippen LogP) is 3.03. The summed E-state index contributed by atoms with van der Waals surface area (Å²) in [6, 6.07) is 2.45. The quantitative estimate of drug-likeness (QED) is 0.857. The van der Waals surface area contributed by atoms with E-state index in [1.165, 1.54) is 18.3 Å². The molecule has 2 saturated heterocycles. The number of hydrogen-bond donors (Lipinski definition) is 1. The maximum atomic E-state index is 12.4. The molecule has 0 aliphatic carbocycles. The van der Waals surface area contributed by atoms with Crippen molar-refractivity contribution < 1.29 is 32.2 Å². The van der Waals surface area contributed by atoms with Gasteiger partial charge in [0.15, 0.2) is 12.4 Å². The highest BCUT2D eigenvalue weighted by atomic mass is 19.4. The number of nitrogens with one attached hydrogen (secondary N) is 1. The van der Waals surface area contributed by atoms with Gasteiger partial charge in [0.05, 0.1) is 25.1 Å². The number of amides is 2. The highest BCUT2D eigenvalue weighted by molar-refractivity contribution is 5.89. The number of ether oxygens (including phenoxy) is 3. The zero-order valence-corrected chi connectivity index (χ0v) is 14.9. The van der Waals surface area contributed by atoms with Crippen LogP contribution in [0.15, 0.2) is 18.3 Å². The number of urea groups is 1. The van der Waals surface area contributed by atoms with Gasteiger partial charge >= 0.3 is 12.2 Å². The van der Waals surface area contributed by atoms with Gasteiger partial charge in [0, 0.05) is 25.1 Å². The highest BCUT2D eigenvalue weighted by Gasteiger charge is 2.41. The summed E-state index contributed by atoms with van der Waals surface area (Å²) in [6.45, 7) is 2.85. The monoisotopic (exact) mass is 389 g/mol. The van der Waals surface area contributed by atoms with Crippen LogP contribution in [-0.2, 0) is 9.47 Å². The topological polar surface area (TPSA) is 72.9 Å². The second-order valence-corrected chi connectivity index (χ2v) is 6.69. The molecule has 1 aromatic heterocycles. The Balaban J connectivity index is 1.47. The molecule has 1 aromatic rings. The maximum Gasteiger partial charge on any atom is 0.422 e. The summed E-state index contributed by atoms with van der Waals surface area (Å²) in [6.07, 6.45) is -1.62. The lowest BCUT2D eigenvalue weighted by atomic mass is 9.89. The Labute approximate surface area is 154 Å². The van der Waals surface area contributed by atoms with E-state index in [1.54, 1.807) is 4.90 Å². The van der Waals surface area contributed by atoms with Crippen LogP contribution in [0.2, 0.25) is 0 Å². The fraction of sp³-hybridized carbons (Fsp3) is 0.647. The predicted molar refractivity (Wildman–Crippen MR) is 89.4 cm³/mol. The summed E-state index contributed by atoms with van der Waals surface area (Å²) in [5, 5.41) is 2.69. The summed E-state index contributed by atoms with van der Waals surface area (Å²) >= 11 is 0. The Morgan fingerprint density at radius 2 is 2.00 bits per heavy atom. The Hall–Kier alpha value is -2.07. The fourth-order valence-corrected chi connectivity index (χ4v) is 3.27. The van der Waals surface area contributed by atoms with E-state index in [9.17, 15) is 18.0 Å². The molecule has 2 amide bonds. The summed E-state index contributed by atoms with van der Waals surface area (Å²) in [7, 11) is 0. The minimum absolute atomic E-state index is 0.157. The van der Waals surface area contributed by atoms with Gasteiger partial charge in [0.25, 0.3) is 0 Å². The molecule has 0 unspecified atom stereocenters. The lowest BCUT2D eigenvalue weighted by Gasteiger charge is -2.38. The normalized spacial score (nSPS) is 20.5. The van der Waals surface area contributed by atoms with Crippen LogP contribution in [0.1, 0.15) is 19.8 Å². The van der Waals surface area contributed by atoms with Crippen molar-refractivity contribution in [2.45, 2.75) is 31.7 Å². The molecule has 0 radical (unpaired) electrons. The fourth-order valence-electron chi connectivity index (χ4n) is 3.27. The molecule has 2 aliphatic rings. The number of anilines is 1. The van der Waals surface area contributed by atoms with Crippen LogP contribution in [0, 0.1) is 5.92 Å². The van der Waals surface area contributed by atoms with Crippen molar-refractivity contribution in [3.8, 4) is 5.88 Å². The van der Waals surface area contributed by atoms with Crippen molar-refractivity contribution in [2.24, 2.45) is 5.92 Å². The molecule has 3 rings (SSSR count). The number of likely N-dealkylation sites (tertiary alicyclic amines) is 1. The lowest BCUT2D eigenvalue weighted by molar-refractivity contribution is -0.189. The number of halogens is 3. The van der Waals surface area contributed by atoms with Crippen LogP contribution in [-0.4, -0.2) is 60.8 Å². The number of carbonyl (C=O) groups is 1. The molecular formula is C17H22F3N3O4. The smallest absolute Gasteiger partial charge is 0.422 e. The minimum Gasteiger partial charge on any atom is -0.468 e. The van der Waals surface area contributed by atoms with Crippen molar-refractivity contribution in [3.63, 3.8) is 0 Å². The SMILES string of the molecule is CC1(C2CCN(C(=O)Nc3ccc(OCC(F)(F)F)nc3)CC2)OCCO1. The number of rotatable bonds is 4. The third-order valence-electron chi connectivity index (χ3n) is 4.76. The third-order valence-corrected chi connectivity index (χ3v) is 4.76. The second-order valence-electron chi connectivity index (χ2n) is 6.69. The van der Waals surface area contributed by atoms with Gasteiger partial charge in [-0.3, -0.25) is 0 Å². The Bertz CT molecular complexity index is 640. The molecule has 2 aliphatic heterocycles. The van der Waals surface area contributed by atoms with Gasteiger partial charge in [-0.1, -0.05) is 0 Å². The van der Waals surface area contributed by atoms with Crippen molar-refractivity contribution in [3.05, 3.63) is 18.3 Å². The number of piperidine rings is 1. The van der Waals surface area contributed by atoms with E-state index in [0.717, 1.165) is 12.8 Å². The van der Waals surface area contributed by atoms with Gasteiger partial charge in [-0.25, -0.2) is 9.78 Å². The molecule has 0 spiro atoms. The molecule has 0 atom stereocenters. The molecule has 0 saturated carbocycles. The van der Waals surface area contributed by atoms with E-state index in [4.69, 9.17) is 9.47 Å². The molecule has 150 valence electrons. The molecule has 2 fully saturated rings. The largest absolute Gasteiger partial charge is 0.468 e. The second kappa shape index (κ2) is 7.89. The van der Waals surface area contributed by atoms with Gasteiger partial charge < -0.3 is 24.4 Å². The van der Waals surface area contributed by atoms with Gasteiger partial charge in [-0.2, -0.15) is 13.2 Å². The Kier molecular flexibility index (Phi) is 5.75. The van der Waals surface area contributed by atoms with E-state index in [-0.39, 0.29) is 17.8 Å². The Morgan fingerprint density at radius 1 is 1.33 bits per heavy atom. The number of pyridine rings is 1. The summed E-state index contributed by atoms with van der Waals surface area (Å²) in [5.74, 6) is -0.495. The molecule has 7 nitrogen and oxygen atoms in total. The number of carbonyl (C=O) groups excluding carboxylic acids is 1. The zero-order valence-electron chi connectivity index (χ0n) is 14.9. The van der Waals surface area contributed by atoms with Crippen LogP contribution < -0.4 is 10.1 Å². The number of nitrogens with zero attached hydrogens (tertiary/aromatic N) is 2. The average Bonchev–Trinajstić information content (AvgIpc) is 3.08. The van der Waals surface area contributed by atoms with Crippen LogP contribution in [0.25, 0.3) is 0 Å². The summed E-state index contributed by atoms with van der Waals surface area (Å²) < 4.78 is 52.3. The van der Waals surface area contributed by atoms with Crippen LogP contribution in [0.3, 0.4) is 0 Å². The molecule has 0 aromatic carbocycles. The van der Waals surface area contributed by atoms with E-state index >= 15 is 0 Å². The minimum atomic E-state index is -4.42. The first-order valence-electron chi connectivity index (χ1n) is 8.75. The molecule has 1 N–H and O–H groups in total. The van der Waals surface area contributed by atoms with Crippen molar-refractivity contribution in [1.29, 1.82) is 0 Å². The van der Waals surface area contributed by atoms with Crippen LogP contribution >= 0.6 is 0 Å². The van der Waals surface area contributed by atoms with E-state index in [1.807, 2.05) is 6.92 Å².